The zero-order valence-electron chi connectivity index (χ0n) is 12.8. The number of nitro benzene ring substituents is 1. The lowest BCUT2D eigenvalue weighted by Gasteiger charge is -2.12. The van der Waals surface area contributed by atoms with Crippen LogP contribution in [0.25, 0.3) is 10.4 Å². The molecule has 0 spiro atoms. The van der Waals surface area contributed by atoms with Crippen LogP contribution in [0.5, 0.6) is 5.75 Å². The van der Waals surface area contributed by atoms with Crippen molar-refractivity contribution < 1.29 is 37.1 Å². The van der Waals surface area contributed by atoms with Gasteiger partial charge in [0.25, 0.3) is 5.69 Å². The van der Waals surface area contributed by atoms with E-state index in [2.05, 4.69) is 14.8 Å². The minimum atomic E-state index is -1.98. The third kappa shape index (κ3) is 3.88. The highest BCUT2D eigenvalue weighted by atomic mass is 19.2. The second kappa shape index (κ2) is 7.58. The Hall–Kier alpha value is -3.86. The molecule has 0 aromatic heterocycles. The maximum absolute atomic E-state index is 14.1. The maximum Gasteiger partial charge on any atom is 0.511 e. The lowest BCUT2D eigenvalue weighted by Crippen LogP contribution is -2.09. The van der Waals surface area contributed by atoms with Gasteiger partial charge >= 0.3 is 6.16 Å². The third-order valence-electron chi connectivity index (χ3n) is 3.30. The van der Waals surface area contributed by atoms with Gasteiger partial charge in [0, 0.05) is 34.6 Å². The van der Waals surface area contributed by atoms with Crippen LogP contribution in [0, 0.1) is 33.4 Å². The van der Waals surface area contributed by atoms with E-state index in [4.69, 9.17) is 10.6 Å². The number of hydrogen-bond acceptors (Lipinski definition) is 5. The van der Waals surface area contributed by atoms with Crippen molar-refractivity contribution in [3.8, 4) is 5.75 Å². The molecule has 0 fully saturated rings. The number of ether oxygens (including phenoxy) is 1. The fourth-order valence-electron chi connectivity index (χ4n) is 2.15. The number of carboxylic acid groups (broad SMARTS) is 1. The van der Waals surface area contributed by atoms with Gasteiger partial charge < -0.3 is 9.84 Å². The molecule has 1 N–H and O–H groups in total. The van der Waals surface area contributed by atoms with Crippen molar-refractivity contribution in [2.24, 2.45) is 5.11 Å². The smallest absolute Gasteiger partial charge is 0.449 e. The first-order chi connectivity index (χ1) is 12.7. The first-order valence-corrected chi connectivity index (χ1v) is 6.75. The first-order valence-electron chi connectivity index (χ1n) is 6.75. The van der Waals surface area contributed by atoms with Gasteiger partial charge in [-0.3, -0.25) is 10.1 Å². The number of non-ortho nitro benzene ring substituents is 1. The summed E-state index contributed by atoms with van der Waals surface area (Å²) >= 11 is 0. The predicted octanol–water partition coefficient (Wildman–Crippen LogP) is 4.74. The van der Waals surface area contributed by atoms with E-state index in [1.165, 1.54) is 0 Å². The van der Waals surface area contributed by atoms with Crippen LogP contribution in [-0.4, -0.2) is 16.2 Å². The Morgan fingerprint density at radius 1 is 1.22 bits per heavy atom. The molecular weight excluding hydrogens is 380 g/mol. The fraction of sp³-hybridized carbons (Fsp3) is 0.0714. The molecule has 27 heavy (non-hydrogen) atoms. The van der Waals surface area contributed by atoms with Gasteiger partial charge in [-0.1, -0.05) is 5.11 Å². The van der Waals surface area contributed by atoms with Crippen molar-refractivity contribution in [2.45, 2.75) is 6.42 Å². The molecule has 9 nitrogen and oxygen atoms in total. The van der Waals surface area contributed by atoms with Crippen LogP contribution in [0.15, 0.2) is 23.3 Å². The molecule has 0 saturated carbocycles. The van der Waals surface area contributed by atoms with Gasteiger partial charge in [-0.05, 0) is 11.6 Å². The van der Waals surface area contributed by atoms with E-state index in [-0.39, 0.29) is 0 Å². The van der Waals surface area contributed by atoms with Crippen LogP contribution < -0.4 is 4.74 Å². The van der Waals surface area contributed by atoms with Gasteiger partial charge in [-0.15, -0.1) is 0 Å². The number of nitrogens with zero attached hydrogens (tertiary/aromatic N) is 4. The molecular formula is C14H6F4N4O5. The highest BCUT2D eigenvalue weighted by molar-refractivity contribution is 5.63. The van der Waals surface area contributed by atoms with Crippen LogP contribution in [-0.2, 0) is 6.42 Å². The summed E-state index contributed by atoms with van der Waals surface area (Å²) < 4.78 is 60.2. The molecule has 0 aliphatic rings. The number of halogens is 4. The van der Waals surface area contributed by atoms with E-state index in [0.717, 1.165) is 18.2 Å². The van der Waals surface area contributed by atoms with E-state index >= 15 is 0 Å². The van der Waals surface area contributed by atoms with Crippen LogP contribution in [0.2, 0.25) is 0 Å². The highest BCUT2D eigenvalue weighted by Crippen LogP contribution is 2.34. The predicted molar refractivity (Wildman–Crippen MR) is 79.6 cm³/mol. The summed E-state index contributed by atoms with van der Waals surface area (Å²) in [7, 11) is 0. The quantitative estimate of drug-likeness (QED) is 0.0910. The lowest BCUT2D eigenvalue weighted by molar-refractivity contribution is -0.384. The van der Waals surface area contributed by atoms with Crippen molar-refractivity contribution in [2.75, 3.05) is 0 Å². The Labute approximate surface area is 146 Å². The van der Waals surface area contributed by atoms with Gasteiger partial charge in [0.1, 0.15) is 11.4 Å². The molecule has 13 heteroatoms. The second-order valence-electron chi connectivity index (χ2n) is 4.87. The summed E-state index contributed by atoms with van der Waals surface area (Å²) in [5.41, 5.74) is 4.44. The number of azide groups is 1. The summed E-state index contributed by atoms with van der Waals surface area (Å²) in [4.78, 5) is 22.7. The van der Waals surface area contributed by atoms with Gasteiger partial charge in [-0.25, -0.2) is 22.4 Å². The van der Waals surface area contributed by atoms with Crippen molar-refractivity contribution in [3.05, 3.63) is 73.2 Å². The van der Waals surface area contributed by atoms with E-state index in [0.29, 0.717) is 0 Å². The maximum atomic E-state index is 14.1. The Kier molecular flexibility index (Phi) is 5.46. The molecule has 2 aromatic carbocycles. The van der Waals surface area contributed by atoms with E-state index in [1.807, 2.05) is 0 Å². The normalized spacial score (nSPS) is 10.2. The van der Waals surface area contributed by atoms with Crippen molar-refractivity contribution in [1.82, 2.24) is 0 Å². The van der Waals surface area contributed by atoms with E-state index in [9.17, 15) is 32.5 Å². The lowest BCUT2D eigenvalue weighted by atomic mass is 10.0. The summed E-state index contributed by atoms with van der Waals surface area (Å²) in [6.45, 7) is 0. The molecule has 0 atom stereocenters. The Balaban J connectivity index is 2.65. The van der Waals surface area contributed by atoms with Gasteiger partial charge in [0.15, 0.2) is 23.3 Å². The molecule has 0 aliphatic carbocycles. The van der Waals surface area contributed by atoms with Crippen LogP contribution >= 0.6 is 0 Å². The molecule has 2 rings (SSSR count). The standard InChI is InChI=1S/C14H6F4N4O5/c15-9-7(10(16)12(18)13(11(9)17)20-21-19)4-5-3-6(22(25)26)1-2-8(5)27-14(23)24/h1-3H,4H2,(H,23,24). The number of rotatable bonds is 5. The molecule has 0 radical (unpaired) electrons. The second-order valence-corrected chi connectivity index (χ2v) is 4.87. The SMILES string of the molecule is [N-]=[N+]=Nc1c(F)c(F)c(Cc2cc([N+](=O)[O-])ccc2OC(=O)O)c(F)c1F. The largest absolute Gasteiger partial charge is 0.511 e. The van der Waals surface area contributed by atoms with Crippen molar-refractivity contribution in [3.63, 3.8) is 0 Å². The molecule has 0 bridgehead atoms. The zero-order chi connectivity index (χ0) is 20.3. The summed E-state index contributed by atoms with van der Waals surface area (Å²) in [5.74, 6) is -8.32. The molecule has 0 unspecified atom stereocenters. The summed E-state index contributed by atoms with van der Waals surface area (Å²) in [5, 5.41) is 22.0. The van der Waals surface area contributed by atoms with Crippen molar-refractivity contribution in [1.29, 1.82) is 0 Å². The van der Waals surface area contributed by atoms with E-state index in [1.54, 1.807) is 0 Å². The van der Waals surface area contributed by atoms with E-state index < -0.39 is 69.0 Å². The molecule has 0 aliphatic heterocycles. The summed E-state index contributed by atoms with van der Waals surface area (Å²) in [6.07, 6.45) is -2.83. The molecule has 2 aromatic rings. The topological polar surface area (TPSA) is 138 Å². The molecule has 0 saturated heterocycles. The Bertz CT molecular complexity index is 978. The fourth-order valence-corrected chi connectivity index (χ4v) is 2.15. The number of carbonyl (C=O) groups is 1. The summed E-state index contributed by atoms with van der Waals surface area (Å²) in [6, 6.07) is 2.44. The Morgan fingerprint density at radius 3 is 2.30 bits per heavy atom. The zero-order valence-corrected chi connectivity index (χ0v) is 12.8. The molecule has 0 heterocycles. The van der Waals surface area contributed by atoms with Gasteiger partial charge in [0.05, 0.1) is 4.92 Å². The highest BCUT2D eigenvalue weighted by Gasteiger charge is 2.26. The number of nitro groups is 1. The first kappa shape index (κ1) is 19.5. The number of hydrogen-bond donors (Lipinski definition) is 1. The molecule has 140 valence electrons. The van der Waals surface area contributed by atoms with Crippen LogP contribution in [0.3, 0.4) is 0 Å². The average molecular weight is 386 g/mol. The van der Waals surface area contributed by atoms with Gasteiger partial charge in [0.2, 0.25) is 0 Å². The Morgan fingerprint density at radius 2 is 1.81 bits per heavy atom. The molecule has 0 amide bonds. The van der Waals surface area contributed by atoms with Gasteiger partial charge in [-0.2, -0.15) is 0 Å². The minimum absolute atomic E-state index is 0.431. The third-order valence-corrected chi connectivity index (χ3v) is 3.30. The number of benzene rings is 2. The van der Waals surface area contributed by atoms with Crippen molar-refractivity contribution >= 4 is 17.5 Å². The monoisotopic (exact) mass is 386 g/mol. The van der Waals surface area contributed by atoms with Crippen LogP contribution in [0.4, 0.5) is 33.7 Å². The van der Waals surface area contributed by atoms with Crippen LogP contribution in [0.1, 0.15) is 11.1 Å². The average Bonchev–Trinajstić information content (AvgIpc) is 2.61. The minimum Gasteiger partial charge on any atom is -0.449 e.